The number of hydrogen-bond acceptors (Lipinski definition) is 3. The Morgan fingerprint density at radius 3 is 2.85 bits per heavy atom. The van der Waals surface area contributed by atoms with Crippen molar-refractivity contribution in [3.63, 3.8) is 0 Å². The molecule has 0 aromatic heterocycles. The zero-order chi connectivity index (χ0) is 15.0. The monoisotopic (exact) mass is 344 g/mol. The Labute approximate surface area is 127 Å². The number of ether oxygens (including phenoxy) is 1. The van der Waals surface area contributed by atoms with Crippen molar-refractivity contribution >= 4 is 22.0 Å². The number of carbonyl (C=O) groups is 1. The highest BCUT2D eigenvalue weighted by Gasteiger charge is 2.10. The molecule has 1 atom stereocenters. The molecule has 112 valence electrons. The highest BCUT2D eigenvalue weighted by molar-refractivity contribution is 9.10. The van der Waals surface area contributed by atoms with Crippen LogP contribution in [0.1, 0.15) is 25.3 Å². The lowest BCUT2D eigenvalue weighted by atomic mass is 10.1. The molecule has 1 aromatic rings. The maximum absolute atomic E-state index is 11.8. The first-order valence-corrected chi connectivity index (χ1v) is 7.37. The second-order valence-corrected chi connectivity index (χ2v) is 5.32. The second kappa shape index (κ2) is 8.81. The molecule has 1 rings (SSSR count). The molecule has 1 aromatic carbocycles. The summed E-state index contributed by atoms with van der Waals surface area (Å²) in [6, 6.07) is 5.39. The summed E-state index contributed by atoms with van der Waals surface area (Å²) in [6.45, 7) is 2.42. The van der Waals surface area contributed by atoms with Crippen LogP contribution in [0, 0.1) is 0 Å². The lowest BCUT2D eigenvalue weighted by Crippen LogP contribution is -2.41. The highest BCUT2D eigenvalue weighted by atomic mass is 79.9. The predicted molar refractivity (Wildman–Crippen MR) is 81.8 cm³/mol. The van der Waals surface area contributed by atoms with Crippen LogP contribution in [0.2, 0.25) is 0 Å². The standard InChI is InChI=1S/C14H21BrN2O3/c1-3-12(6-7-18)17-14(19)16-9-10-8-11(15)4-5-13(10)20-2/h4-5,8,12,18H,3,6-7,9H2,1-2H3,(H2,16,17,19). The maximum atomic E-state index is 11.8. The SMILES string of the molecule is CCC(CCO)NC(=O)NCc1cc(Br)ccc1OC. The average molecular weight is 345 g/mol. The Bertz CT molecular complexity index is 440. The summed E-state index contributed by atoms with van der Waals surface area (Å²) in [5.74, 6) is 0.732. The van der Waals surface area contributed by atoms with Crippen molar-refractivity contribution in [3.8, 4) is 5.75 Å². The molecular weight excluding hydrogens is 324 g/mol. The normalized spacial score (nSPS) is 11.8. The molecule has 0 aliphatic rings. The van der Waals surface area contributed by atoms with Gasteiger partial charge < -0.3 is 20.5 Å². The lowest BCUT2D eigenvalue weighted by Gasteiger charge is -2.17. The van der Waals surface area contributed by atoms with Gasteiger partial charge in [0.1, 0.15) is 5.75 Å². The number of urea groups is 1. The van der Waals surface area contributed by atoms with E-state index in [4.69, 9.17) is 9.84 Å². The Kier molecular flexibility index (Phi) is 7.40. The Morgan fingerprint density at radius 2 is 2.25 bits per heavy atom. The Hall–Kier alpha value is -1.27. The number of methoxy groups -OCH3 is 1. The number of carbonyl (C=O) groups excluding carboxylic acids is 1. The number of aliphatic hydroxyl groups excluding tert-OH is 1. The van der Waals surface area contributed by atoms with Gasteiger partial charge in [-0.2, -0.15) is 0 Å². The highest BCUT2D eigenvalue weighted by Crippen LogP contribution is 2.22. The fraction of sp³-hybridized carbons (Fsp3) is 0.500. The maximum Gasteiger partial charge on any atom is 0.315 e. The molecule has 6 heteroatoms. The van der Waals surface area contributed by atoms with E-state index in [0.717, 1.165) is 22.2 Å². The van der Waals surface area contributed by atoms with E-state index in [1.165, 1.54) is 0 Å². The number of aliphatic hydroxyl groups is 1. The molecule has 20 heavy (non-hydrogen) atoms. The molecule has 0 radical (unpaired) electrons. The van der Waals surface area contributed by atoms with Crippen molar-refractivity contribution in [1.82, 2.24) is 10.6 Å². The van der Waals surface area contributed by atoms with E-state index in [1.54, 1.807) is 7.11 Å². The third-order valence-corrected chi connectivity index (χ3v) is 3.48. The van der Waals surface area contributed by atoms with Gasteiger partial charge in [0.05, 0.1) is 7.11 Å². The topological polar surface area (TPSA) is 70.6 Å². The first-order valence-electron chi connectivity index (χ1n) is 6.58. The van der Waals surface area contributed by atoms with Gasteiger partial charge in [0.25, 0.3) is 0 Å². The van der Waals surface area contributed by atoms with Crippen LogP contribution in [0.5, 0.6) is 5.75 Å². The molecule has 0 saturated heterocycles. The molecular formula is C14H21BrN2O3. The van der Waals surface area contributed by atoms with Crippen molar-refractivity contribution in [1.29, 1.82) is 0 Å². The first kappa shape index (κ1) is 16.8. The van der Waals surface area contributed by atoms with Gasteiger partial charge in [0, 0.05) is 29.2 Å². The van der Waals surface area contributed by atoms with Crippen LogP contribution < -0.4 is 15.4 Å². The lowest BCUT2D eigenvalue weighted by molar-refractivity contribution is 0.227. The van der Waals surface area contributed by atoms with E-state index >= 15 is 0 Å². The number of benzene rings is 1. The van der Waals surface area contributed by atoms with Crippen LogP contribution in [0.15, 0.2) is 22.7 Å². The van der Waals surface area contributed by atoms with Crippen LogP contribution >= 0.6 is 15.9 Å². The van der Waals surface area contributed by atoms with Crippen molar-refractivity contribution in [2.75, 3.05) is 13.7 Å². The van der Waals surface area contributed by atoms with Gasteiger partial charge in [-0.3, -0.25) is 0 Å². The Morgan fingerprint density at radius 1 is 1.50 bits per heavy atom. The van der Waals surface area contributed by atoms with Crippen LogP contribution in [-0.2, 0) is 6.54 Å². The van der Waals surface area contributed by atoms with Crippen LogP contribution in [0.4, 0.5) is 4.79 Å². The minimum atomic E-state index is -0.243. The fourth-order valence-corrected chi connectivity index (χ4v) is 2.24. The summed E-state index contributed by atoms with van der Waals surface area (Å²) in [7, 11) is 1.60. The number of nitrogens with one attached hydrogen (secondary N) is 2. The Balaban J connectivity index is 2.54. The molecule has 0 fully saturated rings. The minimum Gasteiger partial charge on any atom is -0.496 e. The third-order valence-electron chi connectivity index (χ3n) is 2.99. The summed E-state index contributed by atoms with van der Waals surface area (Å²) < 4.78 is 6.18. The average Bonchev–Trinajstić information content (AvgIpc) is 2.44. The zero-order valence-electron chi connectivity index (χ0n) is 11.8. The fourth-order valence-electron chi connectivity index (χ4n) is 1.83. The van der Waals surface area contributed by atoms with E-state index in [9.17, 15) is 4.79 Å². The molecule has 0 heterocycles. The minimum absolute atomic E-state index is 0.00981. The smallest absolute Gasteiger partial charge is 0.315 e. The van der Waals surface area contributed by atoms with Gasteiger partial charge in [-0.1, -0.05) is 22.9 Å². The largest absolute Gasteiger partial charge is 0.496 e. The van der Waals surface area contributed by atoms with Gasteiger partial charge in [-0.05, 0) is 31.0 Å². The summed E-state index contributed by atoms with van der Waals surface area (Å²) in [5, 5.41) is 14.5. The van der Waals surface area contributed by atoms with Gasteiger partial charge >= 0.3 is 6.03 Å². The van der Waals surface area contributed by atoms with E-state index in [0.29, 0.717) is 13.0 Å². The van der Waals surface area contributed by atoms with Gasteiger partial charge in [-0.15, -0.1) is 0 Å². The summed E-state index contributed by atoms with van der Waals surface area (Å²) in [4.78, 5) is 11.8. The molecule has 2 amide bonds. The van der Waals surface area contributed by atoms with Crippen molar-refractivity contribution in [2.45, 2.75) is 32.4 Å². The molecule has 0 spiro atoms. The molecule has 3 N–H and O–H groups in total. The summed E-state index contributed by atoms with van der Waals surface area (Å²) in [5.41, 5.74) is 0.896. The number of hydrogen-bond donors (Lipinski definition) is 3. The van der Waals surface area contributed by atoms with Crippen molar-refractivity contribution in [2.24, 2.45) is 0 Å². The summed E-state index contributed by atoms with van der Waals surface area (Å²) in [6.07, 6.45) is 1.35. The quantitative estimate of drug-likeness (QED) is 0.711. The van der Waals surface area contributed by atoms with Crippen LogP contribution in [-0.4, -0.2) is 30.9 Å². The van der Waals surface area contributed by atoms with Gasteiger partial charge in [-0.25, -0.2) is 4.79 Å². The molecule has 0 aliphatic heterocycles. The van der Waals surface area contributed by atoms with Crippen molar-refractivity contribution < 1.29 is 14.6 Å². The van der Waals surface area contributed by atoms with Gasteiger partial charge in [0.2, 0.25) is 0 Å². The molecule has 0 aliphatic carbocycles. The van der Waals surface area contributed by atoms with Gasteiger partial charge in [0.15, 0.2) is 0 Å². The summed E-state index contributed by atoms with van der Waals surface area (Å²) >= 11 is 3.39. The third kappa shape index (κ3) is 5.38. The number of rotatable bonds is 7. The zero-order valence-corrected chi connectivity index (χ0v) is 13.4. The number of amides is 2. The second-order valence-electron chi connectivity index (χ2n) is 4.40. The molecule has 5 nitrogen and oxygen atoms in total. The first-order chi connectivity index (χ1) is 9.60. The molecule has 0 bridgehead atoms. The van der Waals surface area contributed by atoms with Crippen LogP contribution in [0.25, 0.3) is 0 Å². The van der Waals surface area contributed by atoms with Crippen molar-refractivity contribution in [3.05, 3.63) is 28.2 Å². The van der Waals surface area contributed by atoms with E-state index < -0.39 is 0 Å². The molecule has 0 saturated carbocycles. The number of halogens is 1. The predicted octanol–water partition coefficient (Wildman–Crippen LogP) is 2.42. The van der Waals surface area contributed by atoms with E-state index in [1.807, 2.05) is 25.1 Å². The van der Waals surface area contributed by atoms with Crippen LogP contribution in [0.3, 0.4) is 0 Å². The molecule has 1 unspecified atom stereocenters. The van der Waals surface area contributed by atoms with E-state index in [-0.39, 0.29) is 18.7 Å². The van der Waals surface area contributed by atoms with E-state index in [2.05, 4.69) is 26.6 Å².